The fraction of sp³-hybridized carbons (Fsp3) is 0.240. The predicted molar refractivity (Wildman–Crippen MR) is 133 cm³/mol. The Bertz CT molecular complexity index is 1260. The van der Waals surface area contributed by atoms with E-state index in [0.29, 0.717) is 6.04 Å². The molecule has 0 saturated carbocycles. The molecule has 1 saturated heterocycles. The zero-order valence-electron chi connectivity index (χ0n) is 18.2. The molecule has 4 heterocycles. The Balaban J connectivity index is 0.00000228. The largest absolute Gasteiger partial charge is 0.338 e. The van der Waals surface area contributed by atoms with E-state index in [4.69, 9.17) is 5.73 Å². The van der Waals surface area contributed by atoms with Crippen molar-refractivity contribution in [1.29, 1.82) is 0 Å². The van der Waals surface area contributed by atoms with Crippen LogP contribution in [0, 0.1) is 0 Å². The molecule has 0 bridgehead atoms. The van der Waals surface area contributed by atoms with E-state index >= 15 is 0 Å². The number of likely N-dealkylation sites (tertiary alicyclic amines) is 1. The Morgan fingerprint density at radius 2 is 1.67 bits per heavy atom. The quantitative estimate of drug-likeness (QED) is 0.416. The second-order valence-corrected chi connectivity index (χ2v) is 8.53. The van der Waals surface area contributed by atoms with Crippen molar-refractivity contribution >= 4 is 23.9 Å². The first kappa shape index (κ1) is 21.6. The van der Waals surface area contributed by atoms with Crippen LogP contribution in [0.15, 0.2) is 66.9 Å². The molecule has 6 rings (SSSR count). The van der Waals surface area contributed by atoms with Crippen molar-refractivity contribution in [3.8, 4) is 28.5 Å². The Labute approximate surface area is 199 Å². The SMILES string of the molecule is Cl.NC1CCN(Cc2ccc(-c3nnc4n3-c3cccnc3Nc3ccccc3-4)cc2)CC1. The maximum Gasteiger partial charge on any atom is 0.171 e. The van der Waals surface area contributed by atoms with Crippen LogP contribution in [-0.4, -0.2) is 43.8 Å². The van der Waals surface area contributed by atoms with Gasteiger partial charge < -0.3 is 11.1 Å². The lowest BCUT2D eigenvalue weighted by molar-refractivity contribution is 0.205. The number of hydrogen-bond acceptors (Lipinski definition) is 6. The third-order valence-electron chi connectivity index (χ3n) is 6.36. The van der Waals surface area contributed by atoms with Crippen molar-refractivity contribution in [2.75, 3.05) is 18.4 Å². The standard InChI is InChI=1S/C25H25N7.ClH/c26-19-11-14-31(15-12-19)16-17-7-9-18(10-8-17)24-29-30-25-20-4-1-2-5-21(20)28-23-22(32(24)25)6-3-13-27-23;/h1-10,13,19H,11-12,14-16,26H2,(H,27,28);1H. The minimum Gasteiger partial charge on any atom is -0.338 e. The van der Waals surface area contributed by atoms with E-state index in [9.17, 15) is 0 Å². The van der Waals surface area contributed by atoms with Crippen LogP contribution in [-0.2, 0) is 6.54 Å². The number of nitrogens with zero attached hydrogens (tertiary/aromatic N) is 5. The topological polar surface area (TPSA) is 84.9 Å². The van der Waals surface area contributed by atoms with E-state index in [0.717, 1.165) is 72.4 Å². The molecular weight excluding hydrogens is 434 g/mol. The van der Waals surface area contributed by atoms with Gasteiger partial charge in [-0.2, -0.15) is 0 Å². The number of anilines is 2. The summed E-state index contributed by atoms with van der Waals surface area (Å²) in [6, 6.07) is 21.1. The molecule has 2 aromatic carbocycles. The van der Waals surface area contributed by atoms with E-state index in [1.54, 1.807) is 6.20 Å². The third kappa shape index (κ3) is 3.99. The summed E-state index contributed by atoms with van der Waals surface area (Å²) in [6.07, 6.45) is 3.95. The molecule has 0 amide bonds. The van der Waals surface area contributed by atoms with Gasteiger partial charge in [0.25, 0.3) is 0 Å². The van der Waals surface area contributed by atoms with Gasteiger partial charge in [0.15, 0.2) is 17.5 Å². The van der Waals surface area contributed by atoms with Crippen molar-refractivity contribution < 1.29 is 0 Å². The number of pyridine rings is 1. The van der Waals surface area contributed by atoms with Gasteiger partial charge in [0, 0.05) is 29.9 Å². The number of piperidine rings is 1. The summed E-state index contributed by atoms with van der Waals surface area (Å²) in [5.41, 5.74) is 11.3. The van der Waals surface area contributed by atoms with Gasteiger partial charge in [-0.05, 0) is 55.8 Å². The maximum absolute atomic E-state index is 6.04. The van der Waals surface area contributed by atoms with Crippen LogP contribution >= 0.6 is 12.4 Å². The van der Waals surface area contributed by atoms with Gasteiger partial charge in [-0.15, -0.1) is 22.6 Å². The first-order valence-corrected chi connectivity index (χ1v) is 11.1. The smallest absolute Gasteiger partial charge is 0.171 e. The molecule has 0 radical (unpaired) electrons. The molecule has 0 unspecified atom stereocenters. The highest BCUT2D eigenvalue weighted by Crippen LogP contribution is 2.38. The number of rotatable bonds is 3. The third-order valence-corrected chi connectivity index (χ3v) is 6.36. The average Bonchev–Trinajstić information content (AvgIpc) is 3.21. The van der Waals surface area contributed by atoms with E-state index in [1.807, 2.05) is 30.3 Å². The second kappa shape index (κ2) is 8.94. The van der Waals surface area contributed by atoms with Crippen LogP contribution in [0.4, 0.5) is 11.5 Å². The van der Waals surface area contributed by atoms with Gasteiger partial charge in [0.05, 0.1) is 11.4 Å². The van der Waals surface area contributed by atoms with Crippen molar-refractivity contribution in [2.24, 2.45) is 5.73 Å². The summed E-state index contributed by atoms with van der Waals surface area (Å²) >= 11 is 0. The van der Waals surface area contributed by atoms with Gasteiger partial charge in [-0.3, -0.25) is 9.47 Å². The number of fused-ring (bicyclic) bond motifs is 5. The van der Waals surface area contributed by atoms with Crippen molar-refractivity contribution in [3.63, 3.8) is 0 Å². The fourth-order valence-electron chi connectivity index (χ4n) is 4.59. The van der Waals surface area contributed by atoms with E-state index in [-0.39, 0.29) is 12.4 Å². The van der Waals surface area contributed by atoms with Gasteiger partial charge in [0.2, 0.25) is 0 Å². The maximum atomic E-state index is 6.04. The summed E-state index contributed by atoms with van der Waals surface area (Å²) < 4.78 is 2.10. The van der Waals surface area contributed by atoms with Crippen LogP contribution in [0.1, 0.15) is 18.4 Å². The number of nitrogens with one attached hydrogen (secondary N) is 1. The van der Waals surface area contributed by atoms with Crippen LogP contribution in [0.3, 0.4) is 0 Å². The fourth-order valence-corrected chi connectivity index (χ4v) is 4.59. The molecule has 2 aromatic heterocycles. The summed E-state index contributed by atoms with van der Waals surface area (Å²) in [4.78, 5) is 7.05. The Morgan fingerprint density at radius 3 is 2.48 bits per heavy atom. The van der Waals surface area contributed by atoms with E-state index in [2.05, 4.69) is 60.3 Å². The van der Waals surface area contributed by atoms with Crippen LogP contribution in [0.2, 0.25) is 0 Å². The Morgan fingerprint density at radius 1 is 0.909 bits per heavy atom. The molecule has 1 fully saturated rings. The molecule has 0 aliphatic carbocycles. The van der Waals surface area contributed by atoms with E-state index in [1.165, 1.54) is 5.56 Å². The highest BCUT2D eigenvalue weighted by Gasteiger charge is 2.25. The zero-order valence-corrected chi connectivity index (χ0v) is 19.0. The highest BCUT2D eigenvalue weighted by molar-refractivity contribution is 5.85. The first-order valence-electron chi connectivity index (χ1n) is 11.1. The number of benzene rings is 2. The molecule has 168 valence electrons. The minimum absolute atomic E-state index is 0. The zero-order chi connectivity index (χ0) is 21.5. The lowest BCUT2D eigenvalue weighted by atomic mass is 10.0. The molecule has 7 nitrogen and oxygen atoms in total. The molecule has 3 N–H and O–H groups in total. The normalized spacial score (nSPS) is 15.4. The molecule has 0 atom stereocenters. The monoisotopic (exact) mass is 459 g/mol. The molecule has 4 aromatic rings. The first-order chi connectivity index (χ1) is 15.8. The average molecular weight is 460 g/mol. The highest BCUT2D eigenvalue weighted by atomic mass is 35.5. The van der Waals surface area contributed by atoms with Crippen LogP contribution < -0.4 is 11.1 Å². The van der Waals surface area contributed by atoms with Gasteiger partial charge in [-0.1, -0.05) is 36.4 Å². The summed E-state index contributed by atoms with van der Waals surface area (Å²) in [5.74, 6) is 2.41. The summed E-state index contributed by atoms with van der Waals surface area (Å²) in [6.45, 7) is 3.09. The van der Waals surface area contributed by atoms with Crippen molar-refractivity contribution in [2.45, 2.75) is 25.4 Å². The van der Waals surface area contributed by atoms with Crippen LogP contribution in [0.25, 0.3) is 28.5 Å². The molecule has 2 aliphatic rings. The summed E-state index contributed by atoms with van der Waals surface area (Å²) in [7, 11) is 0. The number of halogens is 1. The number of hydrogen-bond donors (Lipinski definition) is 2. The second-order valence-electron chi connectivity index (χ2n) is 8.53. The molecule has 2 aliphatic heterocycles. The molecule has 8 heteroatoms. The number of nitrogens with two attached hydrogens (primary N) is 1. The van der Waals surface area contributed by atoms with Gasteiger partial charge in [-0.25, -0.2) is 4.98 Å². The lowest BCUT2D eigenvalue weighted by Crippen LogP contribution is -2.39. The van der Waals surface area contributed by atoms with Crippen LogP contribution in [0.5, 0.6) is 0 Å². The lowest BCUT2D eigenvalue weighted by Gasteiger charge is -2.30. The minimum atomic E-state index is 0. The Hall–Kier alpha value is -3.26. The number of aromatic nitrogens is 4. The molecule has 0 spiro atoms. The Kier molecular flexibility index (Phi) is 5.85. The van der Waals surface area contributed by atoms with Gasteiger partial charge >= 0.3 is 0 Å². The number of para-hydroxylation sites is 1. The van der Waals surface area contributed by atoms with E-state index < -0.39 is 0 Å². The van der Waals surface area contributed by atoms with Crippen molar-refractivity contribution in [1.82, 2.24) is 24.6 Å². The molecule has 33 heavy (non-hydrogen) atoms. The van der Waals surface area contributed by atoms with Gasteiger partial charge in [0.1, 0.15) is 0 Å². The van der Waals surface area contributed by atoms with Crippen molar-refractivity contribution in [3.05, 3.63) is 72.4 Å². The molecular formula is C25H26ClN7. The predicted octanol–water partition coefficient (Wildman–Crippen LogP) is 4.40. The summed E-state index contributed by atoms with van der Waals surface area (Å²) in [5, 5.41) is 12.6.